The molecule has 1 saturated carbocycles. The van der Waals surface area contributed by atoms with Crippen molar-refractivity contribution in [3.63, 3.8) is 0 Å². The van der Waals surface area contributed by atoms with Crippen molar-refractivity contribution >= 4 is 16.8 Å². The van der Waals surface area contributed by atoms with Gasteiger partial charge in [0, 0.05) is 0 Å². The Labute approximate surface area is 156 Å². The molecule has 3 aromatic rings. The van der Waals surface area contributed by atoms with Crippen LogP contribution in [0.3, 0.4) is 0 Å². The first-order chi connectivity index (χ1) is 13.2. The first-order valence-corrected chi connectivity index (χ1v) is 9.03. The van der Waals surface area contributed by atoms with Crippen molar-refractivity contribution in [3.05, 3.63) is 70.8 Å². The highest BCUT2D eigenvalue weighted by Crippen LogP contribution is 2.41. The van der Waals surface area contributed by atoms with E-state index < -0.39 is 0 Å². The van der Waals surface area contributed by atoms with Crippen LogP contribution in [-0.4, -0.2) is 22.6 Å². The standard InChI is InChI=1S/C21H21N3O3/c1-27-16-10-8-15(9-11-16)20(14-6-7-14)23-19(25)12-24-13-22-18-5-3-2-4-17(18)21(24)26/h2-5,8-11,13-14,20H,6-7,12H2,1H3,(H,23,25). The van der Waals surface area contributed by atoms with Crippen molar-refractivity contribution in [1.82, 2.24) is 14.9 Å². The van der Waals surface area contributed by atoms with E-state index in [0.29, 0.717) is 16.8 Å². The Morgan fingerprint density at radius 3 is 2.67 bits per heavy atom. The van der Waals surface area contributed by atoms with Gasteiger partial charge in [-0.15, -0.1) is 0 Å². The lowest BCUT2D eigenvalue weighted by molar-refractivity contribution is -0.122. The molecule has 0 bridgehead atoms. The predicted octanol–water partition coefficient (Wildman–Crippen LogP) is 2.67. The van der Waals surface area contributed by atoms with E-state index in [1.807, 2.05) is 30.3 Å². The molecule has 138 valence electrons. The van der Waals surface area contributed by atoms with Gasteiger partial charge in [0.2, 0.25) is 5.91 Å². The molecule has 27 heavy (non-hydrogen) atoms. The SMILES string of the molecule is COc1ccc(C(NC(=O)Cn2cnc3ccccc3c2=O)C2CC2)cc1. The Morgan fingerprint density at radius 2 is 1.96 bits per heavy atom. The van der Waals surface area contributed by atoms with E-state index in [4.69, 9.17) is 4.74 Å². The molecule has 2 aromatic carbocycles. The minimum Gasteiger partial charge on any atom is -0.497 e. The molecule has 1 aliphatic carbocycles. The molecule has 0 aliphatic heterocycles. The quantitative estimate of drug-likeness (QED) is 0.731. The van der Waals surface area contributed by atoms with Crippen LogP contribution in [-0.2, 0) is 11.3 Å². The Morgan fingerprint density at radius 1 is 1.22 bits per heavy atom. The van der Waals surface area contributed by atoms with Gasteiger partial charge in [0.25, 0.3) is 5.56 Å². The van der Waals surface area contributed by atoms with Crippen LogP contribution in [0.5, 0.6) is 5.75 Å². The largest absolute Gasteiger partial charge is 0.497 e. The number of fused-ring (bicyclic) bond motifs is 1. The number of benzene rings is 2. The Kier molecular flexibility index (Phi) is 4.62. The summed E-state index contributed by atoms with van der Waals surface area (Å²) in [6, 6.07) is 14.8. The summed E-state index contributed by atoms with van der Waals surface area (Å²) in [5, 5.41) is 3.60. The van der Waals surface area contributed by atoms with Gasteiger partial charge in [0.05, 0.1) is 30.4 Å². The third-order valence-corrected chi connectivity index (χ3v) is 4.93. The predicted molar refractivity (Wildman–Crippen MR) is 103 cm³/mol. The third kappa shape index (κ3) is 3.69. The topological polar surface area (TPSA) is 73.2 Å². The number of carbonyl (C=O) groups is 1. The first-order valence-electron chi connectivity index (χ1n) is 9.03. The van der Waals surface area contributed by atoms with E-state index in [1.54, 1.807) is 25.3 Å². The molecular weight excluding hydrogens is 342 g/mol. The molecule has 1 unspecified atom stereocenters. The zero-order valence-electron chi connectivity index (χ0n) is 15.1. The molecule has 1 fully saturated rings. The van der Waals surface area contributed by atoms with Crippen molar-refractivity contribution in [2.75, 3.05) is 7.11 Å². The zero-order chi connectivity index (χ0) is 18.8. The van der Waals surface area contributed by atoms with E-state index >= 15 is 0 Å². The third-order valence-electron chi connectivity index (χ3n) is 4.93. The Bertz CT molecular complexity index is 1020. The minimum absolute atomic E-state index is 0.0456. The van der Waals surface area contributed by atoms with Crippen LogP contribution in [0.15, 0.2) is 59.7 Å². The van der Waals surface area contributed by atoms with Crippen molar-refractivity contribution in [1.29, 1.82) is 0 Å². The molecular formula is C21H21N3O3. The van der Waals surface area contributed by atoms with Gasteiger partial charge in [-0.3, -0.25) is 14.2 Å². The molecule has 1 N–H and O–H groups in total. The van der Waals surface area contributed by atoms with Crippen molar-refractivity contribution < 1.29 is 9.53 Å². The van der Waals surface area contributed by atoms with E-state index in [2.05, 4.69) is 10.3 Å². The van der Waals surface area contributed by atoms with Crippen molar-refractivity contribution in [2.24, 2.45) is 5.92 Å². The summed E-state index contributed by atoms with van der Waals surface area (Å²) >= 11 is 0. The second-order valence-corrected chi connectivity index (χ2v) is 6.85. The summed E-state index contributed by atoms with van der Waals surface area (Å²) in [5.74, 6) is 1.03. The molecule has 1 heterocycles. The molecule has 0 radical (unpaired) electrons. The number of ether oxygens (including phenoxy) is 1. The molecule has 1 atom stereocenters. The summed E-state index contributed by atoms with van der Waals surface area (Å²) in [4.78, 5) is 29.5. The van der Waals surface area contributed by atoms with E-state index in [0.717, 1.165) is 24.2 Å². The molecule has 6 nitrogen and oxygen atoms in total. The molecule has 6 heteroatoms. The molecule has 4 rings (SSSR count). The second-order valence-electron chi connectivity index (χ2n) is 6.85. The normalized spacial score (nSPS) is 14.7. The van der Waals surface area contributed by atoms with E-state index in [-0.39, 0.29) is 24.1 Å². The molecule has 0 saturated heterocycles. The lowest BCUT2D eigenvalue weighted by Gasteiger charge is -2.19. The number of hydrogen-bond acceptors (Lipinski definition) is 4. The highest BCUT2D eigenvalue weighted by Gasteiger charge is 2.33. The minimum atomic E-state index is -0.205. The molecule has 1 aliphatic rings. The summed E-state index contributed by atoms with van der Waals surface area (Å²) in [6.07, 6.45) is 3.62. The van der Waals surface area contributed by atoms with E-state index in [9.17, 15) is 9.59 Å². The number of nitrogens with zero attached hydrogens (tertiary/aromatic N) is 2. The van der Waals surface area contributed by atoms with Gasteiger partial charge in [0.1, 0.15) is 12.3 Å². The Balaban J connectivity index is 1.52. The highest BCUT2D eigenvalue weighted by atomic mass is 16.5. The molecule has 0 spiro atoms. The van der Waals surface area contributed by atoms with Gasteiger partial charge in [-0.1, -0.05) is 24.3 Å². The van der Waals surface area contributed by atoms with Crippen LogP contribution >= 0.6 is 0 Å². The maximum atomic E-state index is 12.6. The van der Waals surface area contributed by atoms with Crippen molar-refractivity contribution in [2.45, 2.75) is 25.4 Å². The van der Waals surface area contributed by atoms with Crippen LogP contribution in [0.1, 0.15) is 24.4 Å². The molecule has 1 amide bonds. The van der Waals surface area contributed by atoms with Crippen LogP contribution in [0.2, 0.25) is 0 Å². The highest BCUT2D eigenvalue weighted by molar-refractivity contribution is 5.79. The average Bonchev–Trinajstić information content (AvgIpc) is 3.54. The lowest BCUT2D eigenvalue weighted by Crippen LogP contribution is -2.35. The van der Waals surface area contributed by atoms with E-state index in [1.165, 1.54) is 10.9 Å². The average molecular weight is 363 g/mol. The number of carbonyl (C=O) groups excluding carboxylic acids is 1. The van der Waals surface area contributed by atoms with Gasteiger partial charge < -0.3 is 10.1 Å². The Hall–Kier alpha value is -3.15. The fourth-order valence-electron chi connectivity index (χ4n) is 3.31. The number of para-hydroxylation sites is 1. The smallest absolute Gasteiger partial charge is 0.261 e. The number of rotatable bonds is 6. The monoisotopic (exact) mass is 363 g/mol. The fraction of sp³-hybridized carbons (Fsp3) is 0.286. The van der Waals surface area contributed by atoms with Crippen LogP contribution < -0.4 is 15.6 Å². The van der Waals surface area contributed by atoms with Gasteiger partial charge >= 0.3 is 0 Å². The van der Waals surface area contributed by atoms with Crippen LogP contribution in [0, 0.1) is 5.92 Å². The summed E-state index contributed by atoms with van der Waals surface area (Å²) in [5.41, 5.74) is 1.48. The number of amides is 1. The van der Waals surface area contributed by atoms with Crippen LogP contribution in [0.25, 0.3) is 10.9 Å². The fourth-order valence-corrected chi connectivity index (χ4v) is 3.31. The molecule has 1 aromatic heterocycles. The second kappa shape index (κ2) is 7.23. The van der Waals surface area contributed by atoms with Gasteiger partial charge in [-0.2, -0.15) is 0 Å². The summed E-state index contributed by atoms with van der Waals surface area (Å²) in [6.45, 7) is -0.0456. The maximum Gasteiger partial charge on any atom is 0.261 e. The maximum absolute atomic E-state index is 12.6. The number of nitrogens with one attached hydrogen (secondary N) is 1. The van der Waals surface area contributed by atoms with Gasteiger partial charge in [-0.25, -0.2) is 4.98 Å². The van der Waals surface area contributed by atoms with Gasteiger partial charge in [0.15, 0.2) is 0 Å². The first kappa shape index (κ1) is 17.3. The summed E-state index contributed by atoms with van der Waals surface area (Å²) in [7, 11) is 1.63. The number of hydrogen-bond donors (Lipinski definition) is 1. The van der Waals surface area contributed by atoms with Crippen LogP contribution in [0.4, 0.5) is 0 Å². The lowest BCUT2D eigenvalue weighted by atomic mass is 10.0. The van der Waals surface area contributed by atoms with Gasteiger partial charge in [-0.05, 0) is 48.6 Å². The number of methoxy groups -OCH3 is 1. The van der Waals surface area contributed by atoms with Crippen molar-refractivity contribution in [3.8, 4) is 5.75 Å². The number of aromatic nitrogens is 2. The summed E-state index contributed by atoms with van der Waals surface area (Å²) < 4.78 is 6.56. The zero-order valence-corrected chi connectivity index (χ0v) is 15.1.